The van der Waals surface area contributed by atoms with Crippen LogP contribution < -0.4 is 10.6 Å². The maximum atomic E-state index is 12.3. The van der Waals surface area contributed by atoms with Crippen LogP contribution in [0.3, 0.4) is 0 Å². The predicted molar refractivity (Wildman–Crippen MR) is 95.6 cm³/mol. The van der Waals surface area contributed by atoms with E-state index in [1.54, 1.807) is 20.8 Å². The van der Waals surface area contributed by atoms with E-state index in [1.807, 2.05) is 22.4 Å². The smallest absolute Gasteiger partial charge is 0.408 e. The zero-order chi connectivity index (χ0) is 18.4. The molecule has 1 fully saturated rings. The Kier molecular flexibility index (Phi) is 6.41. The molecule has 2 N–H and O–H groups in total. The number of ether oxygens (including phenoxy) is 1. The lowest BCUT2D eigenvalue weighted by Gasteiger charge is -2.32. The zero-order valence-electron chi connectivity index (χ0n) is 14.8. The molecule has 25 heavy (non-hydrogen) atoms. The Balaban J connectivity index is 1.68. The first-order chi connectivity index (χ1) is 11.7. The number of rotatable bonds is 4. The van der Waals surface area contributed by atoms with Crippen molar-refractivity contribution in [3.63, 3.8) is 0 Å². The molecule has 0 bridgehead atoms. The third-order valence-corrected chi connectivity index (χ3v) is 4.53. The van der Waals surface area contributed by atoms with Gasteiger partial charge in [0.1, 0.15) is 12.1 Å². The van der Waals surface area contributed by atoms with E-state index in [9.17, 15) is 14.4 Å². The van der Waals surface area contributed by atoms with Crippen LogP contribution in [0.4, 0.5) is 4.79 Å². The van der Waals surface area contributed by atoms with Crippen LogP contribution >= 0.6 is 11.3 Å². The van der Waals surface area contributed by atoms with Crippen LogP contribution in [0, 0.1) is 0 Å². The normalized spacial score (nSPS) is 15.6. The minimum Gasteiger partial charge on any atom is -0.444 e. The number of alkyl carbamates (subject to hydrolysis) is 1. The lowest BCUT2D eigenvalue weighted by molar-refractivity contribution is -0.121. The highest BCUT2D eigenvalue weighted by Gasteiger charge is 2.25. The van der Waals surface area contributed by atoms with E-state index in [0.29, 0.717) is 25.9 Å². The lowest BCUT2D eigenvalue weighted by atomic mass is 10.0. The number of likely N-dealkylation sites (tertiary alicyclic amines) is 1. The van der Waals surface area contributed by atoms with Crippen molar-refractivity contribution in [2.24, 2.45) is 0 Å². The van der Waals surface area contributed by atoms with Gasteiger partial charge in [0, 0.05) is 19.1 Å². The minimum atomic E-state index is -0.612. The number of nitrogens with zero attached hydrogens (tertiary/aromatic N) is 1. The molecule has 0 radical (unpaired) electrons. The van der Waals surface area contributed by atoms with Gasteiger partial charge in [-0.1, -0.05) is 6.07 Å². The SMILES string of the molecule is CC(C)(C)OC(=O)NCC(=O)NC1CCN(C(=O)c2cccs2)CC1. The molecule has 2 heterocycles. The third kappa shape index (κ3) is 6.38. The van der Waals surface area contributed by atoms with E-state index in [0.717, 1.165) is 4.88 Å². The molecule has 1 saturated heterocycles. The first-order valence-corrected chi connectivity index (χ1v) is 9.21. The molecule has 3 amide bonds. The van der Waals surface area contributed by atoms with Gasteiger partial charge in [-0.2, -0.15) is 0 Å². The Labute approximate surface area is 151 Å². The quantitative estimate of drug-likeness (QED) is 0.852. The highest BCUT2D eigenvalue weighted by Crippen LogP contribution is 2.17. The lowest BCUT2D eigenvalue weighted by Crippen LogP contribution is -2.48. The zero-order valence-corrected chi connectivity index (χ0v) is 15.6. The molecule has 2 rings (SSSR count). The van der Waals surface area contributed by atoms with Gasteiger partial charge in [-0.25, -0.2) is 4.79 Å². The van der Waals surface area contributed by atoms with Crippen LogP contribution in [0.15, 0.2) is 17.5 Å². The second-order valence-electron chi connectivity index (χ2n) is 6.97. The molecule has 1 aliphatic rings. The summed E-state index contributed by atoms with van der Waals surface area (Å²) >= 11 is 1.44. The highest BCUT2D eigenvalue weighted by atomic mass is 32.1. The number of amides is 3. The molecular formula is C17H25N3O4S. The number of piperidine rings is 1. The van der Waals surface area contributed by atoms with Gasteiger partial charge in [-0.15, -0.1) is 11.3 Å². The van der Waals surface area contributed by atoms with Gasteiger partial charge in [0.2, 0.25) is 5.91 Å². The molecule has 0 unspecified atom stereocenters. The highest BCUT2D eigenvalue weighted by molar-refractivity contribution is 7.12. The Morgan fingerprint density at radius 1 is 1.28 bits per heavy atom. The molecule has 0 atom stereocenters. The van der Waals surface area contributed by atoms with Crippen LogP contribution in [-0.2, 0) is 9.53 Å². The number of hydrogen-bond acceptors (Lipinski definition) is 5. The fraction of sp³-hybridized carbons (Fsp3) is 0.588. The maximum absolute atomic E-state index is 12.3. The van der Waals surface area contributed by atoms with E-state index in [-0.39, 0.29) is 24.4 Å². The van der Waals surface area contributed by atoms with Crippen molar-refractivity contribution in [1.82, 2.24) is 15.5 Å². The minimum absolute atomic E-state index is 0.0142. The van der Waals surface area contributed by atoms with Crippen LogP contribution in [-0.4, -0.2) is 54.1 Å². The molecule has 1 aromatic rings. The largest absolute Gasteiger partial charge is 0.444 e. The van der Waals surface area contributed by atoms with E-state index in [4.69, 9.17) is 4.74 Å². The summed E-state index contributed by atoms with van der Waals surface area (Å²) < 4.78 is 5.08. The summed E-state index contributed by atoms with van der Waals surface area (Å²) in [4.78, 5) is 38.3. The van der Waals surface area contributed by atoms with Gasteiger partial charge in [0.25, 0.3) is 5.91 Å². The fourth-order valence-electron chi connectivity index (χ4n) is 2.53. The van der Waals surface area contributed by atoms with E-state index in [2.05, 4.69) is 10.6 Å². The summed E-state index contributed by atoms with van der Waals surface area (Å²) in [5.74, 6) is -0.208. The molecule has 1 aromatic heterocycles. The number of carbonyl (C=O) groups excluding carboxylic acids is 3. The maximum Gasteiger partial charge on any atom is 0.408 e. The van der Waals surface area contributed by atoms with Gasteiger partial charge >= 0.3 is 6.09 Å². The number of hydrogen-bond donors (Lipinski definition) is 2. The summed E-state index contributed by atoms with van der Waals surface area (Å²) in [6, 6.07) is 3.70. The van der Waals surface area contributed by atoms with Crippen molar-refractivity contribution in [3.05, 3.63) is 22.4 Å². The van der Waals surface area contributed by atoms with Crippen LogP contribution in [0.1, 0.15) is 43.3 Å². The van der Waals surface area contributed by atoms with Crippen molar-refractivity contribution in [3.8, 4) is 0 Å². The summed E-state index contributed by atoms with van der Waals surface area (Å²) in [5.41, 5.74) is -0.595. The molecule has 8 heteroatoms. The summed E-state index contributed by atoms with van der Waals surface area (Å²) in [6.45, 7) is 6.39. The number of carbonyl (C=O) groups is 3. The second-order valence-corrected chi connectivity index (χ2v) is 7.91. The average molecular weight is 367 g/mol. The Morgan fingerprint density at radius 3 is 2.52 bits per heavy atom. The molecular weight excluding hydrogens is 342 g/mol. The fourth-order valence-corrected chi connectivity index (χ4v) is 3.22. The summed E-state index contributed by atoms with van der Waals surface area (Å²) in [5, 5.41) is 7.21. The first kappa shape index (κ1) is 19.2. The molecule has 0 aromatic carbocycles. The number of thiophene rings is 1. The molecule has 0 spiro atoms. The topological polar surface area (TPSA) is 87.7 Å². The van der Waals surface area contributed by atoms with Crippen molar-refractivity contribution >= 4 is 29.2 Å². The van der Waals surface area contributed by atoms with Gasteiger partial charge in [0.15, 0.2) is 0 Å². The Bertz CT molecular complexity index is 602. The third-order valence-electron chi connectivity index (χ3n) is 3.67. The molecule has 0 aliphatic carbocycles. The van der Waals surface area contributed by atoms with Crippen LogP contribution in [0.25, 0.3) is 0 Å². The van der Waals surface area contributed by atoms with Crippen molar-refractivity contribution in [1.29, 1.82) is 0 Å². The molecule has 7 nitrogen and oxygen atoms in total. The summed E-state index contributed by atoms with van der Waals surface area (Å²) in [6.07, 6.45) is 0.795. The van der Waals surface area contributed by atoms with Crippen molar-refractivity contribution in [2.45, 2.75) is 45.3 Å². The van der Waals surface area contributed by atoms with Crippen LogP contribution in [0.2, 0.25) is 0 Å². The molecule has 138 valence electrons. The second kappa shape index (κ2) is 8.33. The van der Waals surface area contributed by atoms with E-state index < -0.39 is 11.7 Å². The molecule has 0 saturated carbocycles. The Hall–Kier alpha value is -2.09. The molecule has 1 aliphatic heterocycles. The number of nitrogens with one attached hydrogen (secondary N) is 2. The monoisotopic (exact) mass is 367 g/mol. The van der Waals surface area contributed by atoms with Crippen molar-refractivity contribution in [2.75, 3.05) is 19.6 Å². The van der Waals surface area contributed by atoms with Gasteiger partial charge < -0.3 is 20.3 Å². The first-order valence-electron chi connectivity index (χ1n) is 8.33. The van der Waals surface area contributed by atoms with Crippen molar-refractivity contribution < 1.29 is 19.1 Å². The predicted octanol–water partition coefficient (Wildman–Crippen LogP) is 1.99. The van der Waals surface area contributed by atoms with Crippen LogP contribution in [0.5, 0.6) is 0 Å². The van der Waals surface area contributed by atoms with Gasteiger partial charge in [0.05, 0.1) is 4.88 Å². The Morgan fingerprint density at radius 2 is 1.96 bits per heavy atom. The summed E-state index contributed by atoms with van der Waals surface area (Å²) in [7, 11) is 0. The average Bonchev–Trinajstić information content (AvgIpc) is 3.06. The van der Waals surface area contributed by atoms with Gasteiger partial charge in [-0.3, -0.25) is 9.59 Å². The standard InChI is InChI=1S/C17H25N3O4S/c1-17(2,3)24-16(23)18-11-14(21)19-12-6-8-20(9-7-12)15(22)13-5-4-10-25-13/h4-5,10,12H,6-9,11H2,1-3H3,(H,18,23)(H,19,21). The van der Waals surface area contributed by atoms with E-state index >= 15 is 0 Å². The van der Waals surface area contributed by atoms with Gasteiger partial charge in [-0.05, 0) is 45.1 Å². The van der Waals surface area contributed by atoms with E-state index in [1.165, 1.54) is 11.3 Å².